The number of carbonyl (C=O) groups is 1. The lowest BCUT2D eigenvalue weighted by Gasteiger charge is -2.43. The molecule has 0 spiro atoms. The van der Waals surface area contributed by atoms with Gasteiger partial charge in [0, 0.05) is 0 Å². The molecule has 0 radical (unpaired) electrons. The Morgan fingerprint density at radius 1 is 1.09 bits per heavy atom. The zero-order valence-electron chi connectivity index (χ0n) is 26.8. The smallest absolute Gasteiger partial charge is 0.461 e. The van der Waals surface area contributed by atoms with Gasteiger partial charge in [-0.1, -0.05) is 50.6 Å². The van der Waals surface area contributed by atoms with Crippen molar-refractivity contribution >= 4 is 56.5 Å². The van der Waals surface area contributed by atoms with E-state index in [1.807, 2.05) is 13.0 Å². The molecule has 1 fully saturated rings. The molecule has 3 aromatic rings. The molecule has 0 N–H and O–H groups in total. The number of benzene rings is 1. The topological polar surface area (TPSA) is 133 Å². The van der Waals surface area contributed by atoms with Crippen molar-refractivity contribution in [3.8, 4) is 0 Å². The highest BCUT2D eigenvalue weighted by molar-refractivity contribution is 7.48. The normalized spacial score (nSPS) is 22.7. The fourth-order valence-corrected chi connectivity index (χ4v) is 7.84. The predicted octanol–water partition coefficient (Wildman–Crippen LogP) is 7.48. The molecule has 1 aromatic carbocycles. The second-order valence-corrected chi connectivity index (χ2v) is 19.6. The van der Waals surface area contributed by atoms with Crippen molar-refractivity contribution in [1.82, 2.24) is 19.5 Å². The standard InChI is InChI=1S/C29H41Cl2N4O8PSi/c1-9-39-44(37,40-10-2)41-16-20-22(43-45(7,8)28(3,4)5)29(6,17-38-25(36)19-14-12-11-13-15-19)26(42-20)35-18-32-21-23(30)33-27(31)34-24(21)35/h11-15,18,20,22,26H,9-10,16-17H2,1-8H3/t20-,22+,26-,29+/m1/s1. The maximum absolute atomic E-state index is 13.3. The number of carbonyl (C=O) groups excluding carboxylic acids is 1. The number of imidazole rings is 1. The molecule has 1 aliphatic rings. The highest BCUT2D eigenvalue weighted by atomic mass is 35.5. The molecule has 2 aromatic heterocycles. The van der Waals surface area contributed by atoms with E-state index >= 15 is 0 Å². The number of rotatable bonds is 13. The summed E-state index contributed by atoms with van der Waals surface area (Å²) < 4.78 is 51.3. The van der Waals surface area contributed by atoms with E-state index in [-0.39, 0.29) is 41.9 Å². The van der Waals surface area contributed by atoms with Gasteiger partial charge in [-0.25, -0.2) is 19.3 Å². The molecule has 45 heavy (non-hydrogen) atoms. The molecule has 1 aliphatic heterocycles. The van der Waals surface area contributed by atoms with Gasteiger partial charge in [-0.2, -0.15) is 4.98 Å². The van der Waals surface area contributed by atoms with E-state index in [4.69, 9.17) is 50.7 Å². The Morgan fingerprint density at radius 2 is 1.73 bits per heavy atom. The van der Waals surface area contributed by atoms with Crippen molar-refractivity contribution in [2.45, 2.75) is 78.1 Å². The van der Waals surface area contributed by atoms with Crippen LogP contribution in [-0.4, -0.2) is 72.4 Å². The molecule has 16 heteroatoms. The number of aromatic nitrogens is 4. The highest BCUT2D eigenvalue weighted by Gasteiger charge is 2.59. The number of hydrogen-bond donors (Lipinski definition) is 0. The lowest BCUT2D eigenvalue weighted by molar-refractivity contribution is -0.0636. The van der Waals surface area contributed by atoms with Crippen LogP contribution in [0.2, 0.25) is 28.6 Å². The van der Waals surface area contributed by atoms with Gasteiger partial charge in [-0.3, -0.25) is 18.1 Å². The molecule has 4 atom stereocenters. The fraction of sp³-hybridized carbons (Fsp3) is 0.586. The van der Waals surface area contributed by atoms with Gasteiger partial charge in [-0.05, 0) is 62.6 Å². The maximum Gasteiger partial charge on any atom is 0.474 e. The Hall–Kier alpha value is -1.93. The van der Waals surface area contributed by atoms with Gasteiger partial charge in [0.2, 0.25) is 5.28 Å². The van der Waals surface area contributed by atoms with Crippen LogP contribution >= 0.6 is 31.0 Å². The van der Waals surface area contributed by atoms with E-state index in [0.717, 1.165) is 0 Å². The molecule has 4 rings (SSSR count). The molecule has 248 valence electrons. The van der Waals surface area contributed by atoms with Crippen LogP contribution in [0.25, 0.3) is 11.2 Å². The first-order valence-corrected chi connectivity index (χ1v) is 19.8. The Bertz CT molecular complexity index is 1530. The van der Waals surface area contributed by atoms with Crippen LogP contribution in [0.3, 0.4) is 0 Å². The summed E-state index contributed by atoms with van der Waals surface area (Å²) in [6.45, 7) is 15.8. The second kappa shape index (κ2) is 14.0. The fourth-order valence-electron chi connectivity index (χ4n) is 4.83. The average Bonchev–Trinajstić information content (AvgIpc) is 3.49. The number of phosphoric ester groups is 1. The molecule has 12 nitrogen and oxygen atoms in total. The average molecular weight is 704 g/mol. The summed E-state index contributed by atoms with van der Waals surface area (Å²) in [5, 5.41) is -0.199. The third-order valence-electron chi connectivity index (χ3n) is 8.18. The lowest BCUT2D eigenvalue weighted by Crippen LogP contribution is -2.52. The summed E-state index contributed by atoms with van der Waals surface area (Å²) in [6, 6.07) is 8.69. The molecule has 0 amide bonds. The van der Waals surface area contributed by atoms with Crippen molar-refractivity contribution < 1.29 is 36.8 Å². The van der Waals surface area contributed by atoms with E-state index < -0.39 is 46.0 Å². The summed E-state index contributed by atoms with van der Waals surface area (Å²) in [4.78, 5) is 26.0. The van der Waals surface area contributed by atoms with Gasteiger partial charge < -0.3 is 13.9 Å². The zero-order valence-corrected chi connectivity index (χ0v) is 30.2. The van der Waals surface area contributed by atoms with Crippen LogP contribution < -0.4 is 0 Å². The molecule has 1 saturated heterocycles. The number of nitrogens with zero attached hydrogens (tertiary/aromatic N) is 4. The van der Waals surface area contributed by atoms with Gasteiger partial charge in [0.25, 0.3) is 0 Å². The van der Waals surface area contributed by atoms with Crippen molar-refractivity contribution in [1.29, 1.82) is 0 Å². The monoisotopic (exact) mass is 702 g/mol. The summed E-state index contributed by atoms with van der Waals surface area (Å²) in [5.41, 5.74) is -0.0427. The number of hydrogen-bond acceptors (Lipinski definition) is 11. The van der Waals surface area contributed by atoms with Crippen LogP contribution in [0.4, 0.5) is 0 Å². The van der Waals surface area contributed by atoms with Crippen LogP contribution in [0, 0.1) is 5.41 Å². The molecule has 3 heterocycles. The van der Waals surface area contributed by atoms with Gasteiger partial charge in [0.15, 0.2) is 19.1 Å². The van der Waals surface area contributed by atoms with Gasteiger partial charge in [0.1, 0.15) is 24.5 Å². The number of phosphoric acid groups is 1. The first kappa shape index (κ1) is 35.9. The molecule has 0 bridgehead atoms. The first-order chi connectivity index (χ1) is 21.0. The van der Waals surface area contributed by atoms with E-state index in [0.29, 0.717) is 16.7 Å². The van der Waals surface area contributed by atoms with E-state index in [2.05, 4.69) is 48.8 Å². The SMILES string of the molecule is CCOP(=O)(OCC)OC[C@H]1O[C@@H](n2cnc3c(Cl)nc(Cl)nc32)[C@@](C)(COC(=O)c2ccccc2)[C@H]1O[Si](C)(C)C(C)(C)C. The van der Waals surface area contributed by atoms with E-state index in [1.165, 1.54) is 6.33 Å². The largest absolute Gasteiger partial charge is 0.474 e. The van der Waals surface area contributed by atoms with Crippen molar-refractivity contribution in [2.24, 2.45) is 5.41 Å². The molecule has 0 unspecified atom stereocenters. The quantitative estimate of drug-likeness (QED) is 0.0577. The Kier molecular flexibility index (Phi) is 11.2. The van der Waals surface area contributed by atoms with Gasteiger partial charge in [-0.15, -0.1) is 0 Å². The van der Waals surface area contributed by atoms with Crippen molar-refractivity contribution in [3.05, 3.63) is 52.7 Å². The number of esters is 1. The number of ether oxygens (including phenoxy) is 2. The minimum atomic E-state index is -3.91. The highest BCUT2D eigenvalue weighted by Crippen LogP contribution is 2.54. The molecule has 0 aliphatic carbocycles. The Morgan fingerprint density at radius 3 is 2.33 bits per heavy atom. The predicted molar refractivity (Wildman–Crippen MR) is 173 cm³/mol. The van der Waals surface area contributed by atoms with Gasteiger partial charge >= 0.3 is 13.8 Å². The summed E-state index contributed by atoms with van der Waals surface area (Å²) in [5.74, 6) is -0.512. The summed E-state index contributed by atoms with van der Waals surface area (Å²) >= 11 is 12.6. The van der Waals surface area contributed by atoms with Crippen LogP contribution in [0.15, 0.2) is 36.7 Å². The maximum atomic E-state index is 13.3. The third-order valence-corrected chi connectivity index (χ3v) is 14.7. The zero-order chi connectivity index (χ0) is 33.2. The second-order valence-electron chi connectivity index (χ2n) is 12.5. The van der Waals surface area contributed by atoms with Crippen molar-refractivity contribution in [3.63, 3.8) is 0 Å². The van der Waals surface area contributed by atoms with Crippen LogP contribution in [0.5, 0.6) is 0 Å². The van der Waals surface area contributed by atoms with Crippen molar-refractivity contribution in [2.75, 3.05) is 26.4 Å². The molecular formula is C29H41Cl2N4O8PSi. The Labute approximate surface area is 274 Å². The van der Waals surface area contributed by atoms with Crippen LogP contribution in [0.1, 0.15) is 58.1 Å². The Balaban J connectivity index is 1.82. The lowest BCUT2D eigenvalue weighted by atomic mass is 9.83. The van der Waals surface area contributed by atoms with Gasteiger partial charge in [0.05, 0.1) is 43.2 Å². The number of fused-ring (bicyclic) bond motifs is 1. The van der Waals surface area contributed by atoms with E-state index in [1.54, 1.807) is 42.7 Å². The summed E-state index contributed by atoms with van der Waals surface area (Å²) in [7, 11) is -6.42. The van der Waals surface area contributed by atoms with E-state index in [9.17, 15) is 9.36 Å². The summed E-state index contributed by atoms with van der Waals surface area (Å²) in [6.07, 6.45) is -0.908. The minimum absolute atomic E-state index is 0.0716. The van der Waals surface area contributed by atoms with Crippen LogP contribution in [-0.2, 0) is 32.0 Å². The third kappa shape index (κ3) is 7.80. The minimum Gasteiger partial charge on any atom is -0.461 e. The number of halogens is 2. The first-order valence-electron chi connectivity index (χ1n) is 14.7. The molecular weight excluding hydrogens is 662 g/mol. The molecule has 0 saturated carbocycles.